The van der Waals surface area contributed by atoms with Crippen LogP contribution in [0.1, 0.15) is 46.2 Å². The van der Waals surface area contributed by atoms with Gasteiger partial charge in [-0.1, -0.05) is 23.7 Å². The van der Waals surface area contributed by atoms with Crippen molar-refractivity contribution in [1.82, 2.24) is 25.1 Å². The molecular formula is C26H25ClFN5O2. The predicted octanol–water partition coefficient (Wildman–Crippen LogP) is 4.64. The van der Waals surface area contributed by atoms with E-state index >= 15 is 0 Å². The van der Waals surface area contributed by atoms with Crippen LogP contribution < -0.4 is 5.32 Å². The van der Waals surface area contributed by atoms with E-state index in [1.807, 2.05) is 6.07 Å². The fourth-order valence-corrected chi connectivity index (χ4v) is 4.55. The first kappa shape index (κ1) is 23.4. The topological polar surface area (TPSA) is 81.9 Å². The molecule has 1 aliphatic heterocycles. The first-order chi connectivity index (χ1) is 17.0. The molecule has 0 unspecified atom stereocenters. The average Bonchev–Trinajstić information content (AvgIpc) is 3.30. The van der Waals surface area contributed by atoms with E-state index in [4.69, 9.17) is 21.3 Å². The first-order valence-electron chi connectivity index (χ1n) is 11.5. The Labute approximate surface area is 207 Å². The van der Waals surface area contributed by atoms with Crippen LogP contribution in [0.5, 0.6) is 0 Å². The number of rotatable bonds is 6. The van der Waals surface area contributed by atoms with Crippen molar-refractivity contribution in [2.24, 2.45) is 13.0 Å². The third-order valence-electron chi connectivity index (χ3n) is 6.32. The number of fused-ring (bicyclic) bond motifs is 1. The fourth-order valence-electron chi connectivity index (χ4n) is 4.36. The number of halogens is 2. The Kier molecular flexibility index (Phi) is 6.74. The Morgan fingerprint density at radius 3 is 2.77 bits per heavy atom. The molecule has 0 spiro atoms. The van der Waals surface area contributed by atoms with E-state index in [-0.39, 0.29) is 10.9 Å². The van der Waals surface area contributed by atoms with Crippen LogP contribution >= 0.6 is 11.6 Å². The van der Waals surface area contributed by atoms with Gasteiger partial charge in [0.05, 0.1) is 22.8 Å². The van der Waals surface area contributed by atoms with Crippen molar-refractivity contribution in [3.05, 3.63) is 88.3 Å². The molecule has 1 atom stereocenters. The molecule has 180 valence electrons. The molecule has 35 heavy (non-hydrogen) atoms. The van der Waals surface area contributed by atoms with Gasteiger partial charge >= 0.3 is 0 Å². The van der Waals surface area contributed by atoms with Crippen molar-refractivity contribution in [3.8, 4) is 0 Å². The molecule has 1 saturated heterocycles. The minimum atomic E-state index is -0.556. The zero-order chi connectivity index (χ0) is 24.4. The third kappa shape index (κ3) is 5.33. The Morgan fingerprint density at radius 1 is 1.20 bits per heavy atom. The largest absolute Gasteiger partial charge is 0.381 e. The third-order valence-corrected chi connectivity index (χ3v) is 6.61. The van der Waals surface area contributed by atoms with Gasteiger partial charge in [-0.15, -0.1) is 0 Å². The van der Waals surface area contributed by atoms with Crippen molar-refractivity contribution < 1.29 is 13.9 Å². The molecule has 5 rings (SSSR count). The van der Waals surface area contributed by atoms with Gasteiger partial charge in [-0.2, -0.15) is 5.10 Å². The van der Waals surface area contributed by atoms with Crippen molar-refractivity contribution >= 4 is 28.4 Å². The van der Waals surface area contributed by atoms with E-state index in [1.165, 1.54) is 12.1 Å². The molecule has 9 heteroatoms. The number of amides is 1. The summed E-state index contributed by atoms with van der Waals surface area (Å²) in [5.41, 5.74) is 2.60. The molecule has 2 aromatic carbocycles. The highest BCUT2D eigenvalue weighted by atomic mass is 35.5. The van der Waals surface area contributed by atoms with Gasteiger partial charge in [0.25, 0.3) is 5.91 Å². The van der Waals surface area contributed by atoms with Crippen LogP contribution in [0.25, 0.3) is 10.9 Å². The van der Waals surface area contributed by atoms with E-state index < -0.39 is 11.9 Å². The lowest BCUT2D eigenvalue weighted by Crippen LogP contribution is -2.29. The molecule has 3 heterocycles. The summed E-state index contributed by atoms with van der Waals surface area (Å²) in [6.07, 6.45) is 8.08. The minimum absolute atomic E-state index is 0.00916. The second-order valence-corrected chi connectivity index (χ2v) is 9.25. The van der Waals surface area contributed by atoms with Gasteiger partial charge in [-0.25, -0.2) is 14.4 Å². The lowest BCUT2D eigenvalue weighted by atomic mass is 9.96. The summed E-state index contributed by atoms with van der Waals surface area (Å²) in [7, 11) is 1.79. The summed E-state index contributed by atoms with van der Waals surface area (Å²) in [4.78, 5) is 22.5. The van der Waals surface area contributed by atoms with E-state index in [0.29, 0.717) is 17.0 Å². The number of aromatic nitrogens is 4. The number of carbonyl (C=O) groups is 1. The van der Waals surface area contributed by atoms with Crippen molar-refractivity contribution in [2.75, 3.05) is 13.2 Å². The number of carbonyl (C=O) groups excluding carboxylic acids is 1. The van der Waals surface area contributed by atoms with Gasteiger partial charge in [0.2, 0.25) is 0 Å². The number of hydrogen-bond donors (Lipinski definition) is 1. The zero-order valence-electron chi connectivity index (χ0n) is 19.2. The molecule has 0 bridgehead atoms. The van der Waals surface area contributed by atoms with Gasteiger partial charge in [0.1, 0.15) is 11.6 Å². The molecule has 2 aromatic heterocycles. The number of hydrogen-bond acceptors (Lipinski definition) is 5. The average molecular weight is 494 g/mol. The highest BCUT2D eigenvalue weighted by Crippen LogP contribution is 2.27. The SMILES string of the molecule is Cn1cc([C@@H](NC(=O)c2ccc3cnc(CC4CCOCC4)nc3c2)c2ccc(F)c(Cl)c2)cn1. The highest BCUT2D eigenvalue weighted by molar-refractivity contribution is 6.30. The summed E-state index contributed by atoms with van der Waals surface area (Å²) >= 11 is 6.02. The minimum Gasteiger partial charge on any atom is -0.381 e. The second kappa shape index (κ2) is 10.1. The first-order valence-corrected chi connectivity index (χ1v) is 11.9. The summed E-state index contributed by atoms with van der Waals surface area (Å²) < 4.78 is 20.9. The van der Waals surface area contributed by atoms with Crippen LogP contribution in [0.2, 0.25) is 5.02 Å². The maximum absolute atomic E-state index is 13.8. The highest BCUT2D eigenvalue weighted by Gasteiger charge is 2.21. The van der Waals surface area contributed by atoms with E-state index in [0.717, 1.165) is 54.8 Å². The molecular weight excluding hydrogens is 469 g/mol. The Morgan fingerprint density at radius 2 is 2.03 bits per heavy atom. The van der Waals surface area contributed by atoms with Crippen LogP contribution in [0.15, 0.2) is 55.0 Å². The number of ether oxygens (including phenoxy) is 1. The molecule has 0 saturated carbocycles. The van der Waals surface area contributed by atoms with Crippen LogP contribution in [-0.4, -0.2) is 38.9 Å². The van der Waals surface area contributed by atoms with Crippen molar-refractivity contribution in [1.29, 1.82) is 0 Å². The lowest BCUT2D eigenvalue weighted by Gasteiger charge is -2.21. The van der Waals surface area contributed by atoms with Gasteiger partial charge in [0, 0.05) is 55.6 Å². The Bertz CT molecular complexity index is 1370. The molecule has 1 fully saturated rings. The Hall–Kier alpha value is -3.36. The van der Waals surface area contributed by atoms with Crippen LogP contribution in [0.3, 0.4) is 0 Å². The molecule has 7 nitrogen and oxygen atoms in total. The van der Waals surface area contributed by atoms with Gasteiger partial charge in [0.15, 0.2) is 0 Å². The number of benzene rings is 2. The zero-order valence-corrected chi connectivity index (χ0v) is 20.0. The summed E-state index contributed by atoms with van der Waals surface area (Å²) in [6.45, 7) is 1.56. The van der Waals surface area contributed by atoms with Crippen LogP contribution in [-0.2, 0) is 18.2 Å². The summed E-state index contributed by atoms with van der Waals surface area (Å²) in [6, 6.07) is 9.23. The monoisotopic (exact) mass is 493 g/mol. The van der Waals surface area contributed by atoms with Gasteiger partial charge in [-0.05, 0) is 48.6 Å². The normalized spacial score (nSPS) is 15.3. The number of nitrogens with one attached hydrogen (secondary N) is 1. The van der Waals surface area contributed by atoms with E-state index in [9.17, 15) is 9.18 Å². The smallest absolute Gasteiger partial charge is 0.252 e. The maximum Gasteiger partial charge on any atom is 0.252 e. The molecule has 0 aliphatic carbocycles. The summed E-state index contributed by atoms with van der Waals surface area (Å²) in [5.74, 6) is 0.481. The molecule has 1 aliphatic rings. The Balaban J connectivity index is 1.41. The summed E-state index contributed by atoms with van der Waals surface area (Å²) in [5, 5.41) is 8.11. The lowest BCUT2D eigenvalue weighted by molar-refractivity contribution is 0.0660. The molecule has 0 radical (unpaired) electrons. The number of aryl methyl sites for hydroxylation is 1. The quantitative estimate of drug-likeness (QED) is 0.423. The maximum atomic E-state index is 13.8. The van der Waals surface area contributed by atoms with Crippen LogP contribution in [0.4, 0.5) is 4.39 Å². The predicted molar refractivity (Wildman–Crippen MR) is 131 cm³/mol. The fraction of sp³-hybridized carbons (Fsp3) is 0.308. The molecule has 1 amide bonds. The molecule has 1 N–H and O–H groups in total. The van der Waals surface area contributed by atoms with Crippen molar-refractivity contribution in [3.63, 3.8) is 0 Å². The van der Waals surface area contributed by atoms with Crippen molar-refractivity contribution in [2.45, 2.75) is 25.3 Å². The van der Waals surface area contributed by atoms with Gasteiger partial charge in [-0.3, -0.25) is 9.48 Å². The van der Waals surface area contributed by atoms with E-state index in [1.54, 1.807) is 48.5 Å². The number of nitrogens with zero attached hydrogens (tertiary/aromatic N) is 4. The molecule has 4 aromatic rings. The standard InChI is InChI=1S/C26H25ClFN5O2/c1-33-15-20(14-30-33)25(17-4-5-22(28)21(27)11-17)32-26(34)18-2-3-19-13-29-24(31-23(19)12-18)10-16-6-8-35-9-7-16/h2-5,11-16,25H,6-10H2,1H3,(H,32,34)/t25-/m0/s1. The van der Waals surface area contributed by atoms with Crippen LogP contribution in [0, 0.1) is 11.7 Å². The second-order valence-electron chi connectivity index (χ2n) is 8.85. The van der Waals surface area contributed by atoms with Gasteiger partial charge < -0.3 is 10.1 Å². The van der Waals surface area contributed by atoms with E-state index in [2.05, 4.69) is 15.4 Å².